The Kier molecular flexibility index (Phi) is 4.60. The van der Waals surface area contributed by atoms with Crippen LogP contribution in [0.25, 0.3) is 0 Å². The standard InChI is InChI=1S/C14H16N2O4S/c15-9-8-11-4-6-12(7-5-11)21(19,20)16-10-2-1-3-13(16)14(17)18/h4-7,13H,1-3,8,10H2,(H,17,18)/t13-/m1/s1. The number of benzene rings is 1. The van der Waals surface area contributed by atoms with Crippen LogP contribution in [0.5, 0.6) is 0 Å². The van der Waals surface area contributed by atoms with Gasteiger partial charge in [-0.3, -0.25) is 4.79 Å². The molecule has 0 saturated carbocycles. The van der Waals surface area contributed by atoms with Crippen LogP contribution in [0.15, 0.2) is 29.2 Å². The number of carboxylic acid groups (broad SMARTS) is 1. The lowest BCUT2D eigenvalue weighted by molar-refractivity contribution is -0.142. The minimum absolute atomic E-state index is 0.0670. The third-order valence-corrected chi connectivity index (χ3v) is 5.47. The van der Waals surface area contributed by atoms with Crippen molar-refractivity contribution in [1.29, 1.82) is 5.26 Å². The van der Waals surface area contributed by atoms with Gasteiger partial charge in [-0.25, -0.2) is 8.42 Å². The minimum atomic E-state index is -3.82. The van der Waals surface area contributed by atoms with Gasteiger partial charge in [-0.05, 0) is 37.0 Å². The summed E-state index contributed by atoms with van der Waals surface area (Å²) in [7, 11) is -3.82. The number of aliphatic carboxylic acids is 1. The molecule has 112 valence electrons. The summed E-state index contributed by atoms with van der Waals surface area (Å²) in [6.45, 7) is 0.221. The molecule has 1 N–H and O–H groups in total. The topological polar surface area (TPSA) is 98.5 Å². The molecule has 1 heterocycles. The maximum atomic E-state index is 12.6. The van der Waals surface area contributed by atoms with E-state index in [1.54, 1.807) is 12.1 Å². The average Bonchev–Trinajstić information content (AvgIpc) is 2.48. The predicted octanol–water partition coefficient (Wildman–Crippen LogP) is 1.38. The lowest BCUT2D eigenvalue weighted by Gasteiger charge is -2.31. The summed E-state index contributed by atoms with van der Waals surface area (Å²) in [4.78, 5) is 11.3. The number of carboxylic acids is 1. The Morgan fingerprint density at radius 3 is 2.57 bits per heavy atom. The number of rotatable bonds is 4. The van der Waals surface area contributed by atoms with Crippen molar-refractivity contribution in [2.45, 2.75) is 36.6 Å². The Hall–Kier alpha value is -1.91. The zero-order valence-corrected chi connectivity index (χ0v) is 12.2. The lowest BCUT2D eigenvalue weighted by atomic mass is 10.1. The van der Waals surface area contributed by atoms with Crippen molar-refractivity contribution in [1.82, 2.24) is 4.31 Å². The van der Waals surface area contributed by atoms with Crippen LogP contribution >= 0.6 is 0 Å². The third-order valence-electron chi connectivity index (χ3n) is 3.55. The van der Waals surface area contributed by atoms with Crippen LogP contribution in [-0.4, -0.2) is 36.4 Å². The minimum Gasteiger partial charge on any atom is -0.480 e. The van der Waals surface area contributed by atoms with Gasteiger partial charge in [0.25, 0.3) is 0 Å². The molecule has 1 fully saturated rings. The second-order valence-electron chi connectivity index (χ2n) is 4.94. The zero-order chi connectivity index (χ0) is 15.5. The molecule has 0 bridgehead atoms. The molecule has 1 aromatic rings. The summed E-state index contributed by atoms with van der Waals surface area (Å²) < 4.78 is 26.2. The predicted molar refractivity (Wildman–Crippen MR) is 74.9 cm³/mol. The van der Waals surface area contributed by atoms with Gasteiger partial charge in [0.1, 0.15) is 6.04 Å². The van der Waals surface area contributed by atoms with Gasteiger partial charge >= 0.3 is 5.97 Å². The van der Waals surface area contributed by atoms with Crippen molar-refractivity contribution < 1.29 is 18.3 Å². The molecule has 6 nitrogen and oxygen atoms in total. The Labute approximate surface area is 123 Å². The van der Waals surface area contributed by atoms with E-state index < -0.39 is 22.0 Å². The van der Waals surface area contributed by atoms with Crippen LogP contribution in [0.2, 0.25) is 0 Å². The van der Waals surface area contributed by atoms with Gasteiger partial charge in [0.15, 0.2) is 0 Å². The van der Waals surface area contributed by atoms with Crippen LogP contribution < -0.4 is 0 Å². The van der Waals surface area contributed by atoms with E-state index in [1.807, 2.05) is 6.07 Å². The van der Waals surface area contributed by atoms with Crippen molar-refractivity contribution in [3.8, 4) is 6.07 Å². The summed E-state index contributed by atoms with van der Waals surface area (Å²) >= 11 is 0. The molecule has 2 rings (SSSR count). The van der Waals surface area contributed by atoms with Gasteiger partial charge in [-0.1, -0.05) is 12.1 Å². The summed E-state index contributed by atoms with van der Waals surface area (Å²) in [5.74, 6) is -1.11. The van der Waals surface area contributed by atoms with Crippen molar-refractivity contribution in [3.05, 3.63) is 29.8 Å². The first-order valence-corrected chi connectivity index (χ1v) is 8.11. The SMILES string of the molecule is N#CCc1ccc(S(=O)(=O)N2CCCC[C@@H]2C(=O)O)cc1. The number of piperidine rings is 1. The molecule has 0 aromatic heterocycles. The van der Waals surface area contributed by atoms with Gasteiger partial charge in [0, 0.05) is 6.54 Å². The molecule has 0 unspecified atom stereocenters. The first-order valence-electron chi connectivity index (χ1n) is 6.67. The van der Waals surface area contributed by atoms with Crippen molar-refractivity contribution in [2.24, 2.45) is 0 Å². The van der Waals surface area contributed by atoms with Crippen molar-refractivity contribution in [2.75, 3.05) is 6.54 Å². The molecular formula is C14H16N2O4S. The lowest BCUT2D eigenvalue weighted by Crippen LogP contribution is -2.47. The highest BCUT2D eigenvalue weighted by Crippen LogP contribution is 2.25. The second-order valence-corrected chi connectivity index (χ2v) is 6.83. The Morgan fingerprint density at radius 2 is 2.00 bits per heavy atom. The summed E-state index contributed by atoms with van der Waals surface area (Å²) in [5.41, 5.74) is 0.727. The second kappa shape index (κ2) is 6.24. The van der Waals surface area contributed by atoms with Crippen LogP contribution in [0, 0.1) is 11.3 Å². The normalized spacial score (nSPS) is 19.9. The Balaban J connectivity index is 2.31. The molecule has 21 heavy (non-hydrogen) atoms. The molecule has 1 atom stereocenters. The van der Waals surface area contributed by atoms with Gasteiger partial charge in [-0.15, -0.1) is 0 Å². The van der Waals surface area contributed by atoms with E-state index in [4.69, 9.17) is 5.26 Å². The Bertz CT molecular complexity index is 661. The van der Waals surface area contributed by atoms with Crippen LogP contribution in [0.4, 0.5) is 0 Å². The highest BCUT2D eigenvalue weighted by Gasteiger charge is 2.37. The Morgan fingerprint density at radius 1 is 1.33 bits per heavy atom. The fraction of sp³-hybridized carbons (Fsp3) is 0.429. The van der Waals surface area contributed by atoms with E-state index >= 15 is 0 Å². The number of nitriles is 1. The number of hydrogen-bond acceptors (Lipinski definition) is 4. The molecule has 1 saturated heterocycles. The molecular weight excluding hydrogens is 292 g/mol. The fourth-order valence-electron chi connectivity index (χ4n) is 2.45. The molecule has 1 aliphatic rings. The van der Waals surface area contributed by atoms with E-state index in [-0.39, 0.29) is 17.9 Å². The smallest absolute Gasteiger partial charge is 0.322 e. The molecule has 1 aliphatic heterocycles. The summed E-state index contributed by atoms with van der Waals surface area (Å²) in [6, 6.07) is 7.00. The van der Waals surface area contributed by atoms with Crippen LogP contribution in [0.1, 0.15) is 24.8 Å². The summed E-state index contributed by atoms with van der Waals surface area (Å²) in [5, 5.41) is 17.8. The van der Waals surface area contributed by atoms with Crippen LogP contribution in [-0.2, 0) is 21.2 Å². The van der Waals surface area contributed by atoms with E-state index in [1.165, 1.54) is 12.1 Å². The van der Waals surface area contributed by atoms with Crippen molar-refractivity contribution >= 4 is 16.0 Å². The number of hydrogen-bond donors (Lipinski definition) is 1. The van der Waals surface area contributed by atoms with Gasteiger partial charge < -0.3 is 5.11 Å². The quantitative estimate of drug-likeness (QED) is 0.906. The maximum Gasteiger partial charge on any atom is 0.322 e. The van der Waals surface area contributed by atoms with E-state index in [0.717, 1.165) is 9.87 Å². The zero-order valence-electron chi connectivity index (χ0n) is 11.4. The molecule has 0 spiro atoms. The highest BCUT2D eigenvalue weighted by atomic mass is 32.2. The first-order chi connectivity index (χ1) is 9.96. The first kappa shape index (κ1) is 15.5. The third kappa shape index (κ3) is 3.23. The number of nitrogens with zero attached hydrogens (tertiary/aromatic N) is 2. The van der Waals surface area contributed by atoms with Gasteiger partial charge in [0.05, 0.1) is 17.4 Å². The van der Waals surface area contributed by atoms with E-state index in [2.05, 4.69) is 0 Å². The molecule has 0 amide bonds. The van der Waals surface area contributed by atoms with Gasteiger partial charge in [0.2, 0.25) is 10.0 Å². The molecule has 0 aliphatic carbocycles. The molecule has 1 aromatic carbocycles. The number of carbonyl (C=O) groups is 1. The van der Waals surface area contributed by atoms with E-state index in [0.29, 0.717) is 19.3 Å². The maximum absolute atomic E-state index is 12.6. The fourth-order valence-corrected chi connectivity index (χ4v) is 4.10. The van der Waals surface area contributed by atoms with Crippen LogP contribution in [0.3, 0.4) is 0 Å². The largest absolute Gasteiger partial charge is 0.480 e. The van der Waals surface area contributed by atoms with E-state index in [9.17, 15) is 18.3 Å². The van der Waals surface area contributed by atoms with Gasteiger partial charge in [-0.2, -0.15) is 9.57 Å². The monoisotopic (exact) mass is 308 g/mol. The highest BCUT2D eigenvalue weighted by molar-refractivity contribution is 7.89. The average molecular weight is 308 g/mol. The summed E-state index contributed by atoms with van der Waals surface area (Å²) in [6.07, 6.45) is 1.92. The number of sulfonamides is 1. The molecule has 7 heteroatoms. The molecule has 0 radical (unpaired) electrons. The van der Waals surface area contributed by atoms with Crippen molar-refractivity contribution in [3.63, 3.8) is 0 Å².